The number of carbonyl (C=O) groups excluding carboxylic acids is 1. The van der Waals surface area contributed by atoms with E-state index >= 15 is 0 Å². The second-order valence-electron chi connectivity index (χ2n) is 6.52. The van der Waals surface area contributed by atoms with Crippen LogP contribution in [0.4, 0.5) is 17.1 Å². The van der Waals surface area contributed by atoms with Crippen LogP contribution in [-0.4, -0.2) is 32.9 Å². The number of amides is 1. The molecular formula is C21H18ClN3O6S. The number of hydrogen-bond acceptors (Lipinski definition) is 6. The Kier molecular flexibility index (Phi) is 6.96. The van der Waals surface area contributed by atoms with Crippen molar-refractivity contribution in [2.45, 2.75) is 4.90 Å². The third-order valence-corrected chi connectivity index (χ3v) is 6.39. The highest BCUT2D eigenvalue weighted by molar-refractivity contribution is 7.92. The number of nitro benzene ring substituents is 1. The lowest BCUT2D eigenvalue weighted by molar-refractivity contribution is -0.384. The summed E-state index contributed by atoms with van der Waals surface area (Å²) in [6.45, 7) is -0.586. The fourth-order valence-electron chi connectivity index (χ4n) is 2.85. The van der Waals surface area contributed by atoms with E-state index in [0.717, 1.165) is 4.31 Å². The molecule has 0 bridgehead atoms. The number of ether oxygens (including phenoxy) is 1. The molecular weight excluding hydrogens is 458 g/mol. The predicted molar refractivity (Wildman–Crippen MR) is 121 cm³/mol. The quantitative estimate of drug-likeness (QED) is 0.387. The molecule has 166 valence electrons. The lowest BCUT2D eigenvalue weighted by Crippen LogP contribution is -2.38. The molecule has 0 saturated heterocycles. The summed E-state index contributed by atoms with van der Waals surface area (Å²) in [7, 11) is -2.70. The van der Waals surface area contributed by atoms with Gasteiger partial charge in [0.05, 0.1) is 22.6 Å². The number of non-ortho nitro benzene ring substituents is 1. The summed E-state index contributed by atoms with van der Waals surface area (Å²) in [5, 5.41) is 13.7. The molecule has 1 amide bonds. The Morgan fingerprint density at radius 3 is 2.41 bits per heavy atom. The summed E-state index contributed by atoms with van der Waals surface area (Å²) in [4.78, 5) is 23.0. The van der Waals surface area contributed by atoms with Crippen LogP contribution in [0, 0.1) is 10.1 Å². The number of benzene rings is 3. The average molecular weight is 476 g/mol. The van der Waals surface area contributed by atoms with Gasteiger partial charge in [0, 0.05) is 22.8 Å². The minimum Gasteiger partial charge on any atom is -0.497 e. The van der Waals surface area contributed by atoms with Crippen molar-refractivity contribution in [1.29, 1.82) is 0 Å². The molecule has 0 saturated carbocycles. The summed E-state index contributed by atoms with van der Waals surface area (Å²) in [5.74, 6) is -0.218. The monoisotopic (exact) mass is 475 g/mol. The Bertz CT molecular complexity index is 1250. The first kappa shape index (κ1) is 23.0. The largest absolute Gasteiger partial charge is 0.497 e. The molecule has 0 aliphatic carbocycles. The number of nitro groups is 1. The molecule has 0 radical (unpaired) electrons. The van der Waals surface area contributed by atoms with Gasteiger partial charge < -0.3 is 10.1 Å². The van der Waals surface area contributed by atoms with Crippen LogP contribution in [0.2, 0.25) is 5.02 Å². The van der Waals surface area contributed by atoms with E-state index in [1.807, 2.05) is 0 Å². The number of halogens is 1. The van der Waals surface area contributed by atoms with Crippen LogP contribution in [0.15, 0.2) is 77.7 Å². The lowest BCUT2D eigenvalue weighted by Gasteiger charge is -2.24. The number of nitrogens with zero attached hydrogens (tertiary/aromatic N) is 2. The van der Waals surface area contributed by atoms with Gasteiger partial charge in [0.1, 0.15) is 12.3 Å². The first-order valence-corrected chi connectivity index (χ1v) is 11.0. The highest BCUT2D eigenvalue weighted by Crippen LogP contribution is 2.27. The van der Waals surface area contributed by atoms with Crippen molar-refractivity contribution in [3.05, 3.63) is 87.9 Å². The van der Waals surface area contributed by atoms with E-state index in [9.17, 15) is 23.3 Å². The second-order valence-corrected chi connectivity index (χ2v) is 8.82. The Morgan fingerprint density at radius 1 is 1.09 bits per heavy atom. The Balaban J connectivity index is 1.93. The molecule has 0 spiro atoms. The molecule has 3 rings (SSSR count). The fourth-order valence-corrected chi connectivity index (χ4v) is 4.45. The van der Waals surface area contributed by atoms with Crippen molar-refractivity contribution in [2.75, 3.05) is 23.3 Å². The molecule has 32 heavy (non-hydrogen) atoms. The van der Waals surface area contributed by atoms with E-state index < -0.39 is 27.4 Å². The molecule has 0 aliphatic heterocycles. The van der Waals surface area contributed by atoms with Gasteiger partial charge in [-0.3, -0.25) is 19.2 Å². The number of carbonyl (C=O) groups is 1. The predicted octanol–water partition coefficient (Wildman–Crippen LogP) is 4.09. The molecule has 0 fully saturated rings. The molecule has 0 aromatic heterocycles. The summed E-state index contributed by atoms with van der Waals surface area (Å²) in [6, 6.07) is 17.1. The number of anilines is 2. The van der Waals surface area contributed by atoms with E-state index in [0.29, 0.717) is 5.75 Å². The lowest BCUT2D eigenvalue weighted by atomic mass is 10.3. The first-order valence-electron chi connectivity index (χ1n) is 9.17. The molecule has 0 aliphatic rings. The van der Waals surface area contributed by atoms with Gasteiger partial charge in [-0.05, 0) is 48.5 Å². The maximum absolute atomic E-state index is 13.3. The van der Waals surface area contributed by atoms with Crippen LogP contribution < -0.4 is 14.4 Å². The van der Waals surface area contributed by atoms with Crippen LogP contribution >= 0.6 is 11.6 Å². The van der Waals surface area contributed by atoms with Gasteiger partial charge in [0.2, 0.25) is 5.91 Å². The van der Waals surface area contributed by atoms with Crippen LogP contribution in [0.25, 0.3) is 0 Å². The van der Waals surface area contributed by atoms with E-state index in [-0.39, 0.29) is 27.0 Å². The van der Waals surface area contributed by atoms with Crippen LogP contribution in [0.1, 0.15) is 0 Å². The van der Waals surface area contributed by atoms with Crippen molar-refractivity contribution in [3.8, 4) is 5.75 Å². The van der Waals surface area contributed by atoms with Gasteiger partial charge in [0.15, 0.2) is 0 Å². The van der Waals surface area contributed by atoms with E-state index in [4.69, 9.17) is 16.3 Å². The van der Waals surface area contributed by atoms with Gasteiger partial charge in [-0.25, -0.2) is 8.42 Å². The van der Waals surface area contributed by atoms with Crippen LogP contribution in [0.3, 0.4) is 0 Å². The summed E-state index contributed by atoms with van der Waals surface area (Å²) in [5.41, 5.74) is 0.139. The zero-order valence-corrected chi connectivity index (χ0v) is 18.3. The van der Waals surface area contributed by atoms with Crippen molar-refractivity contribution >= 4 is 44.6 Å². The van der Waals surface area contributed by atoms with Gasteiger partial charge >= 0.3 is 0 Å². The highest BCUT2D eigenvalue weighted by Gasteiger charge is 2.27. The second kappa shape index (κ2) is 9.67. The van der Waals surface area contributed by atoms with Crippen molar-refractivity contribution in [2.24, 2.45) is 0 Å². The fraction of sp³-hybridized carbons (Fsp3) is 0.0952. The Labute approximate surface area is 189 Å². The van der Waals surface area contributed by atoms with Crippen molar-refractivity contribution in [1.82, 2.24) is 0 Å². The minimum atomic E-state index is -4.15. The van der Waals surface area contributed by atoms with E-state index in [1.54, 1.807) is 12.1 Å². The van der Waals surface area contributed by atoms with E-state index in [2.05, 4.69) is 5.32 Å². The molecule has 3 aromatic carbocycles. The van der Waals surface area contributed by atoms with Gasteiger partial charge in [-0.2, -0.15) is 0 Å². The zero-order chi connectivity index (χ0) is 23.3. The smallest absolute Gasteiger partial charge is 0.271 e. The highest BCUT2D eigenvalue weighted by atomic mass is 35.5. The Hall–Kier alpha value is -3.63. The summed E-state index contributed by atoms with van der Waals surface area (Å²) < 4.78 is 32.7. The number of methoxy groups -OCH3 is 1. The van der Waals surface area contributed by atoms with Gasteiger partial charge in [0.25, 0.3) is 15.7 Å². The molecule has 9 nitrogen and oxygen atoms in total. The maximum atomic E-state index is 13.3. The molecule has 3 aromatic rings. The third-order valence-electron chi connectivity index (χ3n) is 4.37. The number of hydrogen-bond donors (Lipinski definition) is 1. The number of rotatable bonds is 8. The number of sulfonamides is 1. The first-order chi connectivity index (χ1) is 15.2. The maximum Gasteiger partial charge on any atom is 0.271 e. The Morgan fingerprint density at radius 2 is 1.78 bits per heavy atom. The van der Waals surface area contributed by atoms with Crippen LogP contribution in [-0.2, 0) is 14.8 Å². The third kappa shape index (κ3) is 5.34. The summed E-state index contributed by atoms with van der Waals surface area (Å²) >= 11 is 6.04. The standard InChI is InChI=1S/C21H18ClN3O6S/c1-31-19-8-10-20(11-9-19)32(29,30)24(17-6-2-4-15(22)12-17)14-21(26)23-16-5-3-7-18(13-16)25(27)28/h2-13H,14H2,1H3,(H,23,26). The molecule has 0 unspecified atom stereocenters. The molecule has 0 atom stereocenters. The van der Waals surface area contributed by atoms with Crippen molar-refractivity contribution < 1.29 is 22.9 Å². The molecule has 1 N–H and O–H groups in total. The zero-order valence-electron chi connectivity index (χ0n) is 16.8. The topological polar surface area (TPSA) is 119 Å². The van der Waals surface area contributed by atoms with Gasteiger partial charge in [-0.1, -0.05) is 23.7 Å². The average Bonchev–Trinajstić information content (AvgIpc) is 2.77. The minimum absolute atomic E-state index is 0.0542. The van der Waals surface area contributed by atoms with E-state index in [1.165, 1.54) is 67.8 Å². The van der Waals surface area contributed by atoms with Crippen molar-refractivity contribution in [3.63, 3.8) is 0 Å². The van der Waals surface area contributed by atoms with Gasteiger partial charge in [-0.15, -0.1) is 0 Å². The number of nitrogens with one attached hydrogen (secondary N) is 1. The SMILES string of the molecule is COc1ccc(S(=O)(=O)N(CC(=O)Nc2cccc([N+](=O)[O-])c2)c2cccc(Cl)c2)cc1. The normalized spacial score (nSPS) is 10.9. The molecule has 0 heterocycles. The summed E-state index contributed by atoms with van der Waals surface area (Å²) in [6.07, 6.45) is 0. The van der Waals surface area contributed by atoms with Crippen LogP contribution in [0.5, 0.6) is 5.75 Å². The molecule has 11 heteroatoms.